The van der Waals surface area contributed by atoms with Crippen molar-refractivity contribution in [1.82, 2.24) is 4.98 Å². The van der Waals surface area contributed by atoms with Gasteiger partial charge in [-0.2, -0.15) is 0 Å². The summed E-state index contributed by atoms with van der Waals surface area (Å²) in [7, 11) is -1.35. The molecule has 6 rings (SSSR count). The molecule has 0 atom stereocenters. The van der Waals surface area contributed by atoms with E-state index in [2.05, 4.69) is 63.0 Å². The predicted molar refractivity (Wildman–Crippen MR) is 222 cm³/mol. The van der Waals surface area contributed by atoms with Crippen LogP contribution in [0.4, 0.5) is 4.39 Å². The molecule has 0 aliphatic heterocycles. The SMILES string of the molecule is CCC(C)(CC)C(=O)/C=C(\O)C(C)(CC)CC.Cc1[c-]c(-c2nccc3c(C)c(-c4ccc([Si](C)(C)C)cc4)sc23)c2oc3cc(F)ccc3c2c1.[Ir]. The van der Waals surface area contributed by atoms with Gasteiger partial charge in [0.05, 0.1) is 13.7 Å². The van der Waals surface area contributed by atoms with Gasteiger partial charge >= 0.3 is 0 Å². The van der Waals surface area contributed by atoms with E-state index in [4.69, 9.17) is 9.40 Å². The Kier molecular flexibility index (Phi) is 13.2. The fourth-order valence-corrected chi connectivity index (χ4v) is 8.97. The maximum Gasteiger partial charge on any atom is 0.164 e. The van der Waals surface area contributed by atoms with Gasteiger partial charge in [0.1, 0.15) is 17.2 Å². The number of aryl methyl sites for hydroxylation is 2. The number of rotatable bonds is 10. The molecule has 0 bridgehead atoms. The van der Waals surface area contributed by atoms with Crippen LogP contribution in [0.2, 0.25) is 19.6 Å². The van der Waals surface area contributed by atoms with Crippen LogP contribution in [0.3, 0.4) is 0 Å². The number of ketones is 1. The molecule has 283 valence electrons. The first-order valence-electron chi connectivity index (χ1n) is 18.5. The number of aliphatic hydroxyl groups is 1. The van der Waals surface area contributed by atoms with Crippen molar-refractivity contribution in [3.05, 3.63) is 95.6 Å². The smallest absolute Gasteiger partial charge is 0.164 e. The van der Waals surface area contributed by atoms with Crippen molar-refractivity contribution in [2.24, 2.45) is 10.8 Å². The van der Waals surface area contributed by atoms with Gasteiger partial charge in [-0.05, 0) is 67.3 Å². The number of nitrogens with zero attached hydrogens (tertiary/aromatic N) is 1. The van der Waals surface area contributed by atoms with E-state index in [1.54, 1.807) is 17.4 Å². The van der Waals surface area contributed by atoms with Crippen molar-refractivity contribution in [3.8, 4) is 21.7 Å². The fourth-order valence-electron chi connectivity index (χ4n) is 6.50. The van der Waals surface area contributed by atoms with Crippen molar-refractivity contribution in [2.75, 3.05) is 0 Å². The number of hydrogen-bond acceptors (Lipinski definition) is 5. The summed E-state index contributed by atoms with van der Waals surface area (Å²) in [6.45, 7) is 23.4. The molecule has 53 heavy (non-hydrogen) atoms. The van der Waals surface area contributed by atoms with Crippen LogP contribution in [0, 0.1) is 36.6 Å². The number of fused-ring (bicyclic) bond motifs is 4. The molecule has 0 aliphatic carbocycles. The summed E-state index contributed by atoms with van der Waals surface area (Å²) in [4.78, 5) is 18.2. The Morgan fingerprint density at radius 2 is 1.53 bits per heavy atom. The van der Waals surface area contributed by atoms with Gasteiger partial charge in [-0.1, -0.05) is 109 Å². The van der Waals surface area contributed by atoms with E-state index in [1.165, 1.54) is 44.8 Å². The molecule has 3 heterocycles. The van der Waals surface area contributed by atoms with Crippen molar-refractivity contribution in [1.29, 1.82) is 0 Å². The summed E-state index contributed by atoms with van der Waals surface area (Å²) in [5.74, 6) is -0.0218. The third-order valence-corrected chi connectivity index (χ3v) is 14.7. The Hall–Kier alpha value is -3.42. The van der Waals surface area contributed by atoms with Crippen molar-refractivity contribution < 1.29 is 38.8 Å². The topological polar surface area (TPSA) is 63.3 Å². The summed E-state index contributed by atoms with van der Waals surface area (Å²) >= 11 is 1.76. The summed E-state index contributed by atoms with van der Waals surface area (Å²) in [5, 5.41) is 14.6. The number of carbonyl (C=O) groups is 1. The first kappa shape index (κ1) is 42.3. The summed E-state index contributed by atoms with van der Waals surface area (Å²) in [6.07, 6.45) is 6.62. The van der Waals surface area contributed by atoms with E-state index in [1.807, 2.05) is 60.7 Å². The Balaban J connectivity index is 0.000000299. The van der Waals surface area contributed by atoms with Gasteiger partial charge in [0, 0.05) is 69.9 Å². The quantitative estimate of drug-likeness (QED) is 0.0643. The van der Waals surface area contributed by atoms with E-state index < -0.39 is 8.07 Å². The predicted octanol–water partition coefficient (Wildman–Crippen LogP) is 13.3. The number of furan rings is 1. The summed E-state index contributed by atoms with van der Waals surface area (Å²) < 4.78 is 21.2. The summed E-state index contributed by atoms with van der Waals surface area (Å²) in [5.41, 5.74) is 5.79. The van der Waals surface area contributed by atoms with Crippen molar-refractivity contribution in [3.63, 3.8) is 0 Å². The molecule has 3 aromatic heterocycles. The second kappa shape index (κ2) is 16.5. The van der Waals surface area contributed by atoms with Gasteiger partial charge in [-0.25, -0.2) is 4.39 Å². The molecule has 8 heteroatoms. The molecule has 0 spiro atoms. The minimum atomic E-state index is -1.35. The van der Waals surface area contributed by atoms with Crippen LogP contribution in [0.1, 0.15) is 78.4 Å². The molecular formula is C45H53FIrNO3SSi-. The number of benzene rings is 3. The molecule has 0 aliphatic rings. The fraction of sp³-hybridized carbons (Fsp3) is 0.378. The van der Waals surface area contributed by atoms with Crippen LogP contribution in [0.5, 0.6) is 0 Å². The minimum Gasteiger partial charge on any atom is -0.512 e. The largest absolute Gasteiger partial charge is 0.512 e. The number of allylic oxidation sites excluding steroid dienone is 2. The van der Waals surface area contributed by atoms with Gasteiger partial charge in [0.2, 0.25) is 0 Å². The third-order valence-electron chi connectivity index (χ3n) is 11.3. The van der Waals surface area contributed by atoms with E-state index >= 15 is 0 Å². The van der Waals surface area contributed by atoms with Crippen LogP contribution >= 0.6 is 11.3 Å². The van der Waals surface area contributed by atoms with Gasteiger partial charge < -0.3 is 14.5 Å². The normalized spacial score (nSPS) is 12.6. The standard InChI is InChI=1S/C30H25FNOSSi.C15H28O2.Ir/c1-17-14-24-23-11-8-20(31)16-26(23)33-28(24)25(15-17)27-30-22(12-13-32-27)18(2)29(34-30)19-6-9-21(10-7-19)35(3,4)5;1-7-14(5,8-2)12(16)11-13(17)15(6,9-3)10-4;/h6-14,16H,1-5H3;11,16H,7-10H2,1-6H3;/q-1;;/b;12-11-;. The molecule has 0 saturated carbocycles. The number of thiophene rings is 1. The zero-order valence-electron chi connectivity index (χ0n) is 33.0. The van der Waals surface area contributed by atoms with Gasteiger partial charge in [0.25, 0.3) is 0 Å². The maximum atomic E-state index is 13.9. The zero-order valence-corrected chi connectivity index (χ0v) is 37.2. The molecule has 0 unspecified atom stereocenters. The molecule has 6 aromatic rings. The summed E-state index contributed by atoms with van der Waals surface area (Å²) in [6, 6.07) is 21.4. The molecule has 3 aromatic carbocycles. The van der Waals surface area contributed by atoms with Gasteiger partial charge in [-0.15, -0.1) is 29.0 Å². The Bertz CT molecular complexity index is 2270. The van der Waals surface area contributed by atoms with Crippen LogP contribution in [0.15, 0.2) is 77.0 Å². The molecule has 0 saturated heterocycles. The average molecular weight is 927 g/mol. The average Bonchev–Trinajstić information content (AvgIpc) is 3.66. The third kappa shape index (κ3) is 8.46. The number of hydrogen-bond donors (Lipinski definition) is 1. The first-order valence-corrected chi connectivity index (χ1v) is 22.8. The second-order valence-corrected chi connectivity index (χ2v) is 21.8. The first-order chi connectivity index (χ1) is 24.5. The van der Waals surface area contributed by atoms with Crippen molar-refractivity contribution in [2.45, 2.75) is 101 Å². The number of pyridine rings is 1. The van der Waals surface area contributed by atoms with Crippen LogP contribution in [0.25, 0.3) is 53.7 Å². The van der Waals surface area contributed by atoms with Crippen LogP contribution in [-0.2, 0) is 24.9 Å². The van der Waals surface area contributed by atoms with E-state index in [0.717, 1.165) is 58.0 Å². The number of carbonyl (C=O) groups excluding carboxylic acids is 1. The maximum absolute atomic E-state index is 13.9. The molecule has 4 nitrogen and oxygen atoms in total. The number of halogens is 1. The zero-order chi connectivity index (χ0) is 38.2. The molecule has 1 radical (unpaired) electrons. The number of aliphatic hydroxyl groups excluding tert-OH is 1. The molecule has 0 amide bonds. The van der Waals surface area contributed by atoms with Crippen LogP contribution in [-0.4, -0.2) is 23.9 Å². The Morgan fingerprint density at radius 3 is 2.11 bits per heavy atom. The minimum absolute atomic E-state index is 0. The Morgan fingerprint density at radius 1 is 0.906 bits per heavy atom. The molecular weight excluding hydrogens is 874 g/mol. The number of aromatic nitrogens is 1. The molecule has 1 N–H and O–H groups in total. The van der Waals surface area contributed by atoms with E-state index in [-0.39, 0.29) is 48.3 Å². The Labute approximate surface area is 333 Å². The van der Waals surface area contributed by atoms with E-state index in [0.29, 0.717) is 11.2 Å². The second-order valence-electron chi connectivity index (χ2n) is 15.7. The van der Waals surface area contributed by atoms with Gasteiger partial charge in [0.15, 0.2) is 5.78 Å². The monoisotopic (exact) mass is 927 g/mol. The van der Waals surface area contributed by atoms with E-state index in [9.17, 15) is 14.3 Å². The van der Waals surface area contributed by atoms with Crippen molar-refractivity contribution >= 4 is 62.4 Å². The van der Waals surface area contributed by atoms with Crippen LogP contribution < -0.4 is 5.19 Å². The molecule has 0 fully saturated rings. The van der Waals surface area contributed by atoms with Gasteiger partial charge in [-0.3, -0.25) is 4.79 Å².